The number of aromatic hydroxyl groups is 4. The lowest BCUT2D eigenvalue weighted by atomic mass is 9.77. The van der Waals surface area contributed by atoms with Crippen molar-refractivity contribution in [2.75, 3.05) is 19.8 Å². The zero-order chi connectivity index (χ0) is 41.4. The van der Waals surface area contributed by atoms with Gasteiger partial charge in [-0.25, -0.2) is 0 Å². The van der Waals surface area contributed by atoms with Crippen LogP contribution in [0, 0.1) is 28.6 Å². The van der Waals surface area contributed by atoms with Crippen LogP contribution >= 0.6 is 0 Å². The van der Waals surface area contributed by atoms with Crippen LogP contribution in [-0.2, 0) is 4.79 Å². The van der Waals surface area contributed by atoms with Gasteiger partial charge in [-0.05, 0) is 84.7 Å². The number of carboxylic acid groups (broad SMARTS) is 1. The SMILES string of the molecule is C/C=C/c1ccc(O)c(O)c1.C=CC.CC(C)C(C)(C)C(C)O.CC(C)C(C)(C)CO.CC(C)CO.O=CO.OC/C=C/c1ccc(O)c(O)c1. The van der Waals surface area contributed by atoms with Crippen molar-refractivity contribution in [3.8, 4) is 23.0 Å². The lowest BCUT2D eigenvalue weighted by Crippen LogP contribution is -2.31. The Hall–Kier alpha value is -3.83. The van der Waals surface area contributed by atoms with Gasteiger partial charge in [-0.1, -0.05) is 112 Å². The maximum absolute atomic E-state index is 9.25. The van der Waals surface area contributed by atoms with Gasteiger partial charge in [0.2, 0.25) is 0 Å². The number of aliphatic hydroxyl groups is 4. The highest BCUT2D eigenvalue weighted by Gasteiger charge is 2.27. The van der Waals surface area contributed by atoms with Crippen molar-refractivity contribution in [2.24, 2.45) is 28.6 Å². The lowest BCUT2D eigenvalue weighted by molar-refractivity contribution is -0.122. The molecule has 0 amide bonds. The van der Waals surface area contributed by atoms with Crippen LogP contribution in [0.5, 0.6) is 23.0 Å². The molecule has 0 aliphatic carbocycles. The van der Waals surface area contributed by atoms with E-state index in [1.165, 1.54) is 24.3 Å². The van der Waals surface area contributed by atoms with E-state index in [1.54, 1.807) is 30.4 Å². The second-order valence-corrected chi connectivity index (χ2v) is 13.6. The minimum atomic E-state index is -0.250. The van der Waals surface area contributed by atoms with Crippen LogP contribution < -0.4 is 0 Å². The average molecular weight is 725 g/mol. The van der Waals surface area contributed by atoms with Gasteiger partial charge in [-0.15, -0.1) is 6.58 Å². The number of benzene rings is 2. The van der Waals surface area contributed by atoms with E-state index in [-0.39, 0.29) is 59.6 Å². The van der Waals surface area contributed by atoms with Crippen LogP contribution in [0.2, 0.25) is 0 Å². The summed E-state index contributed by atoms with van der Waals surface area (Å²) in [5.74, 6) is 1.07. The molecule has 0 aliphatic heterocycles. The second-order valence-electron chi connectivity index (χ2n) is 13.6. The summed E-state index contributed by atoms with van der Waals surface area (Å²) < 4.78 is 0. The first kappa shape index (κ1) is 56.5. The molecule has 0 radical (unpaired) electrons. The number of phenols is 4. The summed E-state index contributed by atoms with van der Waals surface area (Å²) in [5.41, 5.74) is 1.77. The molecule has 10 nitrogen and oxygen atoms in total. The maximum atomic E-state index is 9.25. The fourth-order valence-corrected chi connectivity index (χ4v) is 2.33. The van der Waals surface area contributed by atoms with Crippen molar-refractivity contribution in [1.29, 1.82) is 0 Å². The van der Waals surface area contributed by atoms with Gasteiger partial charge in [-0.3, -0.25) is 4.79 Å². The summed E-state index contributed by atoms with van der Waals surface area (Å²) in [6, 6.07) is 9.16. The van der Waals surface area contributed by atoms with E-state index in [1.807, 2.05) is 46.8 Å². The Bertz CT molecular complexity index is 1160. The van der Waals surface area contributed by atoms with Gasteiger partial charge in [-0.2, -0.15) is 0 Å². The van der Waals surface area contributed by atoms with Gasteiger partial charge in [0.15, 0.2) is 23.0 Å². The summed E-state index contributed by atoms with van der Waals surface area (Å²) in [6.45, 7) is 30.0. The summed E-state index contributed by atoms with van der Waals surface area (Å²) in [7, 11) is 0. The third-order valence-electron chi connectivity index (χ3n) is 7.67. The number of hydrogen-bond donors (Lipinski definition) is 9. The summed E-state index contributed by atoms with van der Waals surface area (Å²) in [4.78, 5) is 8.36. The Balaban J connectivity index is -0.000000170. The topological polar surface area (TPSA) is 199 Å². The molecule has 9 N–H and O–H groups in total. The minimum Gasteiger partial charge on any atom is -0.504 e. The summed E-state index contributed by atoms with van der Waals surface area (Å²) >= 11 is 0. The Kier molecular flexibility index (Phi) is 36.9. The Morgan fingerprint density at radius 3 is 1.24 bits per heavy atom. The zero-order valence-corrected chi connectivity index (χ0v) is 33.5. The molecule has 0 fully saturated rings. The van der Waals surface area contributed by atoms with Gasteiger partial charge in [0.1, 0.15) is 0 Å². The number of rotatable bonds is 8. The second kappa shape index (κ2) is 33.3. The predicted octanol–water partition coefficient (Wildman–Crippen LogP) is 8.47. The molecule has 2 aromatic rings. The van der Waals surface area contributed by atoms with E-state index in [9.17, 15) is 5.11 Å². The van der Waals surface area contributed by atoms with Crippen LogP contribution in [-0.4, -0.2) is 78.4 Å². The van der Waals surface area contributed by atoms with E-state index in [2.05, 4.69) is 62.0 Å². The van der Waals surface area contributed by atoms with E-state index in [0.717, 1.165) is 11.1 Å². The highest BCUT2D eigenvalue weighted by molar-refractivity contribution is 5.55. The molecule has 296 valence electrons. The smallest absolute Gasteiger partial charge is 0.290 e. The molecule has 2 rings (SSSR count). The molecule has 10 heteroatoms. The number of aliphatic hydroxyl groups excluding tert-OH is 4. The van der Waals surface area contributed by atoms with Crippen LogP contribution in [0.3, 0.4) is 0 Å². The molecule has 0 bridgehead atoms. The van der Waals surface area contributed by atoms with E-state index in [0.29, 0.717) is 24.4 Å². The first-order valence-corrected chi connectivity index (χ1v) is 17.0. The molecule has 2 aromatic carbocycles. The number of carbonyl (C=O) groups is 1. The third kappa shape index (κ3) is 33.1. The first-order valence-electron chi connectivity index (χ1n) is 17.0. The number of hydrogen-bond acceptors (Lipinski definition) is 9. The quantitative estimate of drug-likeness (QED) is 0.0723. The molecular formula is C41H72O10. The van der Waals surface area contributed by atoms with Crippen LogP contribution in [0.4, 0.5) is 0 Å². The van der Waals surface area contributed by atoms with E-state index >= 15 is 0 Å². The van der Waals surface area contributed by atoms with Crippen molar-refractivity contribution in [1.82, 2.24) is 0 Å². The molecule has 51 heavy (non-hydrogen) atoms. The van der Waals surface area contributed by atoms with Crippen LogP contribution in [0.25, 0.3) is 12.2 Å². The predicted molar refractivity (Wildman–Crippen MR) is 213 cm³/mol. The highest BCUT2D eigenvalue weighted by atomic mass is 16.3. The van der Waals surface area contributed by atoms with Gasteiger partial charge in [0.25, 0.3) is 6.47 Å². The van der Waals surface area contributed by atoms with E-state index < -0.39 is 0 Å². The largest absolute Gasteiger partial charge is 0.504 e. The van der Waals surface area contributed by atoms with Crippen molar-refractivity contribution in [3.05, 3.63) is 72.3 Å². The van der Waals surface area contributed by atoms with Crippen molar-refractivity contribution < 1.29 is 50.8 Å². The molecule has 0 aromatic heterocycles. The first-order chi connectivity index (χ1) is 23.5. The highest BCUT2D eigenvalue weighted by Crippen LogP contribution is 2.29. The molecule has 0 heterocycles. The Labute approximate surface area is 308 Å². The Morgan fingerprint density at radius 1 is 0.706 bits per heavy atom. The van der Waals surface area contributed by atoms with Crippen LogP contribution in [0.1, 0.15) is 101 Å². The molecular weight excluding hydrogens is 652 g/mol. The monoisotopic (exact) mass is 725 g/mol. The molecule has 0 saturated carbocycles. The fourth-order valence-electron chi connectivity index (χ4n) is 2.33. The minimum absolute atomic E-state index is 0.0400. The van der Waals surface area contributed by atoms with Crippen molar-refractivity contribution in [3.63, 3.8) is 0 Å². The van der Waals surface area contributed by atoms with Gasteiger partial charge in [0.05, 0.1) is 12.7 Å². The summed E-state index contributed by atoms with van der Waals surface area (Å²) in [6.07, 6.45) is 8.45. The standard InChI is InChI=1S/C9H10O3.C9H10O2.C8H18O.C7H16O.C4H10O.C3H6.CH2O2/c10-5-1-2-7-3-4-8(11)9(12)6-7;1-2-3-7-4-5-8(10)9(11)6-7;1-6(2)8(4,5)7(3)9;1-6(2)7(3,4)5-8;1-4(2)3-5;1-3-2;2-1-3/h1-4,6,10-12H,5H2;2-6,10-11H,1H3;6-7,9H,1-5H3;6,8H,5H2,1-4H3;4-5H,3H2,1-2H3;3H,1H2,2H3;1H,(H,2,3)/b2-1+;3-2+;;;;;. The molecule has 0 saturated heterocycles. The molecule has 0 aliphatic rings. The van der Waals surface area contributed by atoms with Gasteiger partial charge < -0.3 is 46.0 Å². The van der Waals surface area contributed by atoms with E-state index in [4.69, 9.17) is 45.6 Å². The lowest BCUT2D eigenvalue weighted by Gasteiger charge is -2.32. The molecule has 0 spiro atoms. The third-order valence-corrected chi connectivity index (χ3v) is 7.67. The van der Waals surface area contributed by atoms with Crippen molar-refractivity contribution >= 4 is 18.6 Å². The molecule has 1 atom stereocenters. The van der Waals surface area contributed by atoms with Gasteiger partial charge in [0, 0.05) is 13.2 Å². The number of phenolic OH excluding ortho intramolecular Hbond substituents is 4. The van der Waals surface area contributed by atoms with Crippen LogP contribution in [0.15, 0.2) is 61.2 Å². The fraction of sp³-hybridized carbons (Fsp3) is 0.537. The maximum Gasteiger partial charge on any atom is 0.290 e. The van der Waals surface area contributed by atoms with Gasteiger partial charge >= 0.3 is 0 Å². The summed E-state index contributed by atoms with van der Waals surface area (Å²) in [5, 5.41) is 77.5. The van der Waals surface area contributed by atoms with Crippen molar-refractivity contribution in [2.45, 2.75) is 96.1 Å². The Morgan fingerprint density at radius 2 is 1.06 bits per heavy atom. The average Bonchev–Trinajstić information content (AvgIpc) is 3.05. The normalized spacial score (nSPS) is 11.1. The molecule has 1 unspecified atom stereocenters. The zero-order valence-electron chi connectivity index (χ0n) is 33.5. The number of allylic oxidation sites excluding steroid dienone is 2.